The molecule has 0 radical (unpaired) electrons. The third-order valence-electron chi connectivity index (χ3n) is 8.14. The molecule has 10 heteroatoms. The fourth-order valence-corrected chi connectivity index (χ4v) is 5.76. The normalized spacial score (nSPS) is 24.2. The van der Waals surface area contributed by atoms with E-state index in [-0.39, 0.29) is 37.7 Å². The maximum Gasteiger partial charge on any atom is 0.274 e. The van der Waals surface area contributed by atoms with E-state index in [1.165, 1.54) is 26.4 Å². The van der Waals surface area contributed by atoms with Crippen LogP contribution in [0.4, 0.5) is 10.1 Å². The highest BCUT2D eigenvalue weighted by molar-refractivity contribution is 5.94. The van der Waals surface area contributed by atoms with Crippen LogP contribution in [0.2, 0.25) is 0 Å². The summed E-state index contributed by atoms with van der Waals surface area (Å²) in [5, 5.41) is 24.9. The number of alkyl halides is 1. The number of hydrogen-bond donors (Lipinski definition) is 2. The maximum absolute atomic E-state index is 14.1. The number of aliphatic hydroxyl groups is 2. The molecule has 0 unspecified atom stereocenters. The second-order valence-corrected chi connectivity index (χ2v) is 10.5. The number of rotatable bonds is 4. The molecule has 2 N–H and O–H groups in total. The maximum atomic E-state index is 14.1. The van der Waals surface area contributed by atoms with E-state index in [2.05, 4.69) is 42.0 Å². The third kappa shape index (κ3) is 4.96. The molecule has 2 saturated heterocycles. The highest BCUT2D eigenvalue weighted by atomic mass is 19.1. The SMILES string of the molecule is Cc1cccc(N2CCN(C(=O)Cn3nc(C(=O)N4CC[C@H](O)[C@H](F)C4)c4c3[C@@H](O)CCC4)CC2)c1C. The molecule has 3 heterocycles. The van der Waals surface area contributed by atoms with Crippen LogP contribution < -0.4 is 4.90 Å². The van der Waals surface area contributed by atoms with Crippen molar-refractivity contribution in [2.24, 2.45) is 0 Å². The Hall–Kier alpha value is -2.98. The van der Waals surface area contributed by atoms with Gasteiger partial charge in [-0.2, -0.15) is 5.10 Å². The largest absolute Gasteiger partial charge is 0.390 e. The third-order valence-corrected chi connectivity index (χ3v) is 8.14. The number of hydrogen-bond acceptors (Lipinski definition) is 6. The Labute approximate surface area is 216 Å². The van der Waals surface area contributed by atoms with Crippen molar-refractivity contribution < 1.29 is 24.2 Å². The van der Waals surface area contributed by atoms with E-state index in [1.54, 1.807) is 0 Å². The Morgan fingerprint density at radius 3 is 2.54 bits per heavy atom. The van der Waals surface area contributed by atoms with Crippen molar-refractivity contribution >= 4 is 17.5 Å². The quantitative estimate of drug-likeness (QED) is 0.646. The van der Waals surface area contributed by atoms with Gasteiger partial charge in [0.15, 0.2) is 5.69 Å². The van der Waals surface area contributed by atoms with Crippen molar-refractivity contribution in [3.63, 3.8) is 0 Å². The topological polar surface area (TPSA) is 102 Å². The molecule has 0 spiro atoms. The lowest BCUT2D eigenvalue weighted by Gasteiger charge is -2.37. The molecule has 2 aliphatic heterocycles. The number of fused-ring (bicyclic) bond motifs is 1. The number of aryl methyl sites for hydroxylation is 1. The Morgan fingerprint density at radius 2 is 1.81 bits per heavy atom. The number of piperazine rings is 1. The zero-order chi connectivity index (χ0) is 26.3. The van der Waals surface area contributed by atoms with Gasteiger partial charge in [-0.1, -0.05) is 12.1 Å². The number of aliphatic hydroxyl groups excluding tert-OH is 2. The number of aromatic nitrogens is 2. The molecule has 1 aromatic carbocycles. The van der Waals surface area contributed by atoms with Crippen LogP contribution >= 0.6 is 0 Å². The number of carbonyl (C=O) groups excluding carboxylic acids is 2. The van der Waals surface area contributed by atoms with E-state index >= 15 is 0 Å². The van der Waals surface area contributed by atoms with Gasteiger partial charge in [0.25, 0.3) is 5.91 Å². The Kier molecular flexibility index (Phi) is 7.22. The molecule has 5 rings (SSSR count). The van der Waals surface area contributed by atoms with Crippen molar-refractivity contribution in [2.75, 3.05) is 44.2 Å². The van der Waals surface area contributed by atoms with Gasteiger partial charge in [0.05, 0.1) is 24.4 Å². The zero-order valence-corrected chi connectivity index (χ0v) is 21.6. The van der Waals surface area contributed by atoms with Gasteiger partial charge in [0.1, 0.15) is 12.7 Å². The number of halogens is 1. The molecule has 0 saturated carbocycles. The molecular weight excluding hydrogens is 477 g/mol. The van der Waals surface area contributed by atoms with Crippen LogP contribution in [0, 0.1) is 13.8 Å². The summed E-state index contributed by atoms with van der Waals surface area (Å²) in [4.78, 5) is 32.0. The first-order chi connectivity index (χ1) is 17.7. The van der Waals surface area contributed by atoms with Crippen molar-refractivity contribution in [3.05, 3.63) is 46.3 Å². The molecule has 2 aromatic rings. The summed E-state index contributed by atoms with van der Waals surface area (Å²) >= 11 is 0. The van der Waals surface area contributed by atoms with Crippen molar-refractivity contribution in [2.45, 2.75) is 64.5 Å². The van der Waals surface area contributed by atoms with E-state index in [1.807, 2.05) is 4.90 Å². The molecule has 1 aliphatic carbocycles. The predicted molar refractivity (Wildman–Crippen MR) is 136 cm³/mol. The summed E-state index contributed by atoms with van der Waals surface area (Å²) in [5.74, 6) is -0.513. The predicted octanol–water partition coefficient (Wildman–Crippen LogP) is 1.76. The minimum Gasteiger partial charge on any atom is -0.390 e. The molecule has 3 aliphatic rings. The van der Waals surface area contributed by atoms with E-state index in [0.29, 0.717) is 43.6 Å². The van der Waals surface area contributed by atoms with Crippen LogP contribution in [0.5, 0.6) is 0 Å². The van der Waals surface area contributed by atoms with Crippen LogP contribution in [-0.2, 0) is 17.8 Å². The lowest BCUT2D eigenvalue weighted by Crippen LogP contribution is -2.50. The standard InChI is InChI=1S/C27H36FN5O4/c1-17-5-3-7-21(18(17)2)30-11-13-31(14-12-30)24(36)16-33-26-19(6-4-8-23(26)35)25(29-33)27(37)32-10-9-22(34)20(28)15-32/h3,5,7,20,22-23,34-35H,4,6,8-16H2,1-2H3/t20-,22+,23+/m1/s1. The van der Waals surface area contributed by atoms with Gasteiger partial charge in [-0.3, -0.25) is 14.3 Å². The van der Waals surface area contributed by atoms with Gasteiger partial charge in [0.2, 0.25) is 5.91 Å². The van der Waals surface area contributed by atoms with E-state index in [4.69, 9.17) is 0 Å². The minimum atomic E-state index is -1.50. The van der Waals surface area contributed by atoms with Gasteiger partial charge in [0, 0.05) is 44.0 Å². The summed E-state index contributed by atoms with van der Waals surface area (Å²) in [6.07, 6.45) is -1.37. The van der Waals surface area contributed by atoms with Crippen LogP contribution in [0.1, 0.15) is 58.2 Å². The van der Waals surface area contributed by atoms with E-state index in [9.17, 15) is 24.2 Å². The lowest BCUT2D eigenvalue weighted by atomic mass is 9.93. The number of amides is 2. The zero-order valence-electron chi connectivity index (χ0n) is 21.6. The lowest BCUT2D eigenvalue weighted by molar-refractivity contribution is -0.132. The molecule has 200 valence electrons. The van der Waals surface area contributed by atoms with Crippen molar-refractivity contribution in [1.29, 1.82) is 0 Å². The molecular formula is C27H36FN5O4. The molecule has 2 amide bonds. The number of piperidine rings is 1. The van der Waals surface area contributed by atoms with Crippen LogP contribution in [0.15, 0.2) is 18.2 Å². The van der Waals surface area contributed by atoms with Crippen molar-refractivity contribution in [1.82, 2.24) is 19.6 Å². The minimum absolute atomic E-state index is 0.0550. The molecule has 3 atom stereocenters. The average molecular weight is 514 g/mol. The summed E-state index contributed by atoms with van der Waals surface area (Å²) in [6.45, 7) is 6.84. The highest BCUT2D eigenvalue weighted by Gasteiger charge is 2.36. The van der Waals surface area contributed by atoms with Gasteiger partial charge in [-0.05, 0) is 56.7 Å². The Morgan fingerprint density at radius 1 is 1.05 bits per heavy atom. The van der Waals surface area contributed by atoms with Crippen molar-refractivity contribution in [3.8, 4) is 0 Å². The van der Waals surface area contributed by atoms with Crippen LogP contribution in [0.3, 0.4) is 0 Å². The smallest absolute Gasteiger partial charge is 0.274 e. The molecule has 2 fully saturated rings. The summed E-state index contributed by atoms with van der Waals surface area (Å²) in [7, 11) is 0. The molecule has 37 heavy (non-hydrogen) atoms. The number of anilines is 1. The van der Waals surface area contributed by atoms with Gasteiger partial charge >= 0.3 is 0 Å². The second kappa shape index (κ2) is 10.4. The Bertz CT molecular complexity index is 1180. The fraction of sp³-hybridized carbons (Fsp3) is 0.593. The van der Waals surface area contributed by atoms with E-state index in [0.717, 1.165) is 13.1 Å². The number of likely N-dealkylation sites (tertiary alicyclic amines) is 1. The number of benzene rings is 1. The molecule has 9 nitrogen and oxygen atoms in total. The fourth-order valence-electron chi connectivity index (χ4n) is 5.76. The molecule has 0 bridgehead atoms. The summed E-state index contributed by atoms with van der Waals surface area (Å²) in [6, 6.07) is 6.27. The first-order valence-electron chi connectivity index (χ1n) is 13.2. The first-order valence-corrected chi connectivity index (χ1v) is 13.2. The highest BCUT2D eigenvalue weighted by Crippen LogP contribution is 2.33. The van der Waals surface area contributed by atoms with Gasteiger partial charge in [-0.25, -0.2) is 4.39 Å². The average Bonchev–Trinajstić information content (AvgIpc) is 3.26. The first kappa shape index (κ1) is 25.7. The molecule has 1 aromatic heterocycles. The van der Waals surface area contributed by atoms with E-state index < -0.39 is 24.3 Å². The van der Waals surface area contributed by atoms with Gasteiger partial charge < -0.3 is 24.9 Å². The monoisotopic (exact) mass is 513 g/mol. The summed E-state index contributed by atoms with van der Waals surface area (Å²) in [5.41, 5.74) is 5.04. The summed E-state index contributed by atoms with van der Waals surface area (Å²) < 4.78 is 15.6. The van der Waals surface area contributed by atoms with Crippen LogP contribution in [-0.4, -0.2) is 93.2 Å². The Balaban J connectivity index is 1.30. The van der Waals surface area contributed by atoms with Gasteiger partial charge in [-0.15, -0.1) is 0 Å². The van der Waals surface area contributed by atoms with Crippen LogP contribution in [0.25, 0.3) is 0 Å². The number of nitrogens with zero attached hydrogens (tertiary/aromatic N) is 5. The second-order valence-electron chi connectivity index (χ2n) is 10.5. The number of carbonyl (C=O) groups is 2.